The third-order valence-electron chi connectivity index (χ3n) is 2.53. The molecular formula is C14H20N2O3. The van der Waals surface area contributed by atoms with Crippen LogP contribution in [0.4, 0.5) is 0 Å². The van der Waals surface area contributed by atoms with Gasteiger partial charge < -0.3 is 19.5 Å². The van der Waals surface area contributed by atoms with E-state index in [0.717, 1.165) is 18.7 Å². The molecule has 0 fully saturated rings. The smallest absolute Gasteiger partial charge is 0.181 e. The van der Waals surface area contributed by atoms with E-state index in [9.17, 15) is 0 Å². The summed E-state index contributed by atoms with van der Waals surface area (Å²) in [6.45, 7) is 3.90. The molecule has 0 amide bonds. The minimum Gasteiger partial charge on any atom is -0.493 e. The van der Waals surface area contributed by atoms with Gasteiger partial charge in [-0.1, -0.05) is 6.07 Å². The zero-order valence-electron chi connectivity index (χ0n) is 11.6. The fraction of sp³-hybridized carbons (Fsp3) is 0.500. The summed E-state index contributed by atoms with van der Waals surface area (Å²) in [7, 11) is 3.26. The summed E-state index contributed by atoms with van der Waals surface area (Å²) in [5.41, 5.74) is 1.09. The van der Waals surface area contributed by atoms with Crippen LogP contribution in [-0.2, 0) is 11.3 Å². The minimum atomic E-state index is -0.500. The molecule has 1 unspecified atom stereocenters. The summed E-state index contributed by atoms with van der Waals surface area (Å²) in [4.78, 5) is 0. The maximum absolute atomic E-state index is 8.74. The van der Waals surface area contributed by atoms with Crippen LogP contribution in [0.15, 0.2) is 18.2 Å². The Morgan fingerprint density at radius 3 is 2.74 bits per heavy atom. The van der Waals surface area contributed by atoms with Crippen LogP contribution in [0.2, 0.25) is 0 Å². The van der Waals surface area contributed by atoms with Crippen molar-refractivity contribution in [1.29, 1.82) is 5.26 Å². The first-order valence-corrected chi connectivity index (χ1v) is 6.14. The highest BCUT2D eigenvalue weighted by atomic mass is 16.5. The van der Waals surface area contributed by atoms with Gasteiger partial charge in [0, 0.05) is 20.2 Å². The van der Waals surface area contributed by atoms with E-state index in [2.05, 4.69) is 5.32 Å². The average Bonchev–Trinajstić information content (AvgIpc) is 2.44. The van der Waals surface area contributed by atoms with Crippen LogP contribution >= 0.6 is 0 Å². The number of hydrogen-bond donors (Lipinski definition) is 1. The van der Waals surface area contributed by atoms with Crippen molar-refractivity contribution in [3.8, 4) is 17.6 Å². The lowest BCUT2D eigenvalue weighted by molar-refractivity contribution is 0.199. The molecule has 104 valence electrons. The lowest BCUT2D eigenvalue weighted by atomic mass is 10.2. The van der Waals surface area contributed by atoms with E-state index in [1.807, 2.05) is 24.3 Å². The number of hydrogen-bond acceptors (Lipinski definition) is 5. The van der Waals surface area contributed by atoms with E-state index in [-0.39, 0.29) is 0 Å². The van der Waals surface area contributed by atoms with Gasteiger partial charge in [-0.15, -0.1) is 0 Å². The number of nitriles is 1. The van der Waals surface area contributed by atoms with Gasteiger partial charge in [-0.25, -0.2) is 0 Å². The zero-order chi connectivity index (χ0) is 14.1. The largest absolute Gasteiger partial charge is 0.493 e. The molecule has 5 heteroatoms. The van der Waals surface area contributed by atoms with Crippen molar-refractivity contribution in [2.24, 2.45) is 0 Å². The van der Waals surface area contributed by atoms with E-state index in [1.165, 1.54) is 0 Å². The highest BCUT2D eigenvalue weighted by molar-refractivity contribution is 5.43. The summed E-state index contributed by atoms with van der Waals surface area (Å²) >= 11 is 0. The van der Waals surface area contributed by atoms with Gasteiger partial charge in [-0.2, -0.15) is 5.26 Å². The van der Waals surface area contributed by atoms with Gasteiger partial charge in [0.25, 0.3) is 0 Å². The van der Waals surface area contributed by atoms with E-state index in [0.29, 0.717) is 18.1 Å². The molecule has 0 bridgehead atoms. The highest BCUT2D eigenvalue weighted by Gasteiger charge is 2.09. The number of nitrogens with zero attached hydrogens (tertiary/aromatic N) is 1. The van der Waals surface area contributed by atoms with Crippen LogP contribution in [0.3, 0.4) is 0 Å². The molecule has 0 aliphatic carbocycles. The van der Waals surface area contributed by atoms with E-state index in [1.54, 1.807) is 21.1 Å². The maximum Gasteiger partial charge on any atom is 0.181 e. The van der Waals surface area contributed by atoms with Gasteiger partial charge in [0.2, 0.25) is 0 Å². The van der Waals surface area contributed by atoms with Gasteiger partial charge >= 0.3 is 0 Å². The Morgan fingerprint density at radius 2 is 2.11 bits per heavy atom. The van der Waals surface area contributed by atoms with E-state index < -0.39 is 6.10 Å². The molecule has 0 radical (unpaired) electrons. The molecule has 0 heterocycles. The Balaban J connectivity index is 2.65. The molecule has 0 saturated carbocycles. The molecule has 0 aliphatic heterocycles. The van der Waals surface area contributed by atoms with Crippen molar-refractivity contribution in [2.45, 2.75) is 19.6 Å². The summed E-state index contributed by atoms with van der Waals surface area (Å²) in [6.07, 6.45) is -0.500. The van der Waals surface area contributed by atoms with Crippen LogP contribution < -0.4 is 14.8 Å². The fourth-order valence-corrected chi connectivity index (χ4v) is 1.54. The quantitative estimate of drug-likeness (QED) is 0.724. The number of ether oxygens (including phenoxy) is 3. The topological polar surface area (TPSA) is 63.5 Å². The van der Waals surface area contributed by atoms with Crippen LogP contribution in [0, 0.1) is 11.3 Å². The molecule has 19 heavy (non-hydrogen) atoms. The van der Waals surface area contributed by atoms with Gasteiger partial charge in [0.15, 0.2) is 17.6 Å². The molecule has 0 aliphatic rings. The number of rotatable bonds is 8. The second kappa shape index (κ2) is 8.35. The second-order valence-corrected chi connectivity index (χ2v) is 4.04. The first-order valence-electron chi connectivity index (χ1n) is 6.14. The first-order chi connectivity index (χ1) is 9.21. The van der Waals surface area contributed by atoms with Crippen molar-refractivity contribution in [3.05, 3.63) is 23.8 Å². The van der Waals surface area contributed by atoms with Crippen LogP contribution in [0.1, 0.15) is 12.5 Å². The maximum atomic E-state index is 8.74. The Morgan fingerprint density at radius 1 is 1.32 bits per heavy atom. The molecule has 1 aromatic rings. The average molecular weight is 264 g/mol. The molecule has 5 nitrogen and oxygen atoms in total. The normalized spacial score (nSPS) is 11.7. The minimum absolute atomic E-state index is 0.500. The third kappa shape index (κ3) is 5.16. The number of benzene rings is 1. The third-order valence-corrected chi connectivity index (χ3v) is 2.53. The summed E-state index contributed by atoms with van der Waals surface area (Å²) in [5, 5.41) is 12.0. The number of methoxy groups -OCH3 is 2. The SMILES string of the molecule is COCCNCc1ccc(OC(C)C#N)c(OC)c1. The van der Waals surface area contributed by atoms with Crippen LogP contribution in [0.5, 0.6) is 11.5 Å². The predicted octanol–water partition coefficient (Wildman–Crippen LogP) is 1.72. The van der Waals surface area contributed by atoms with Crippen molar-refractivity contribution in [2.75, 3.05) is 27.4 Å². The van der Waals surface area contributed by atoms with Crippen LogP contribution in [-0.4, -0.2) is 33.5 Å². The number of nitrogens with one attached hydrogen (secondary N) is 1. The van der Waals surface area contributed by atoms with E-state index >= 15 is 0 Å². The monoisotopic (exact) mass is 264 g/mol. The molecule has 1 rings (SSSR count). The molecule has 0 spiro atoms. The van der Waals surface area contributed by atoms with Gasteiger partial charge in [0.1, 0.15) is 6.07 Å². The highest BCUT2D eigenvalue weighted by Crippen LogP contribution is 2.28. The lowest BCUT2D eigenvalue weighted by Gasteiger charge is -2.13. The van der Waals surface area contributed by atoms with Crippen molar-refractivity contribution in [1.82, 2.24) is 5.32 Å². The lowest BCUT2D eigenvalue weighted by Crippen LogP contribution is -2.18. The Labute approximate surface area is 114 Å². The second-order valence-electron chi connectivity index (χ2n) is 4.04. The van der Waals surface area contributed by atoms with Gasteiger partial charge in [0.05, 0.1) is 13.7 Å². The Hall–Kier alpha value is -1.77. The van der Waals surface area contributed by atoms with Gasteiger partial charge in [-0.05, 0) is 24.6 Å². The molecule has 1 N–H and O–H groups in total. The molecular weight excluding hydrogens is 244 g/mol. The van der Waals surface area contributed by atoms with Crippen LogP contribution in [0.25, 0.3) is 0 Å². The Kier molecular flexibility index (Phi) is 6.72. The molecule has 0 saturated heterocycles. The Bertz CT molecular complexity index is 429. The first kappa shape index (κ1) is 15.3. The van der Waals surface area contributed by atoms with Crippen molar-refractivity contribution < 1.29 is 14.2 Å². The summed E-state index contributed by atoms with van der Waals surface area (Å²) in [5.74, 6) is 1.21. The standard InChI is InChI=1S/C14H20N2O3/c1-11(9-15)19-13-5-4-12(8-14(13)18-3)10-16-6-7-17-2/h4-5,8,11,16H,6-7,10H2,1-3H3. The zero-order valence-corrected chi connectivity index (χ0v) is 11.6. The van der Waals surface area contributed by atoms with Crippen molar-refractivity contribution >= 4 is 0 Å². The summed E-state index contributed by atoms with van der Waals surface area (Å²) < 4.78 is 15.7. The van der Waals surface area contributed by atoms with Gasteiger partial charge in [-0.3, -0.25) is 0 Å². The summed E-state index contributed by atoms with van der Waals surface area (Å²) in [6, 6.07) is 7.69. The van der Waals surface area contributed by atoms with Crippen molar-refractivity contribution in [3.63, 3.8) is 0 Å². The fourth-order valence-electron chi connectivity index (χ4n) is 1.54. The molecule has 1 aromatic carbocycles. The predicted molar refractivity (Wildman–Crippen MR) is 72.3 cm³/mol. The molecule has 1 atom stereocenters. The molecule has 0 aromatic heterocycles. The van der Waals surface area contributed by atoms with E-state index in [4.69, 9.17) is 19.5 Å².